The summed E-state index contributed by atoms with van der Waals surface area (Å²) in [5.41, 5.74) is 3.52. The standard InChI is InChI=1S/C13H22N2O/c1-5-12(16)9-14-11-7-6-10(2)13(8-11)15(3)4/h6-8,12,14,16H,5,9H2,1-4H3. The average Bonchev–Trinajstić information content (AvgIpc) is 2.27. The molecular formula is C13H22N2O. The van der Waals surface area contributed by atoms with Crippen LogP contribution >= 0.6 is 0 Å². The summed E-state index contributed by atoms with van der Waals surface area (Å²) in [6.07, 6.45) is 0.503. The van der Waals surface area contributed by atoms with Crippen LogP contribution in [0.4, 0.5) is 11.4 Å². The molecule has 1 unspecified atom stereocenters. The van der Waals surface area contributed by atoms with Gasteiger partial charge in [-0.05, 0) is 31.0 Å². The normalized spacial score (nSPS) is 12.3. The molecule has 2 N–H and O–H groups in total. The summed E-state index contributed by atoms with van der Waals surface area (Å²) in [6.45, 7) is 4.68. The van der Waals surface area contributed by atoms with Crippen molar-refractivity contribution >= 4 is 11.4 Å². The van der Waals surface area contributed by atoms with Crippen molar-refractivity contribution in [3.63, 3.8) is 0 Å². The van der Waals surface area contributed by atoms with Gasteiger partial charge in [-0.15, -0.1) is 0 Å². The lowest BCUT2D eigenvalue weighted by molar-refractivity contribution is 0.183. The fourth-order valence-corrected chi connectivity index (χ4v) is 1.58. The molecule has 0 fully saturated rings. The van der Waals surface area contributed by atoms with Crippen LogP contribution in [0.2, 0.25) is 0 Å². The Kier molecular flexibility index (Phi) is 4.62. The van der Waals surface area contributed by atoms with Gasteiger partial charge in [-0.25, -0.2) is 0 Å². The van der Waals surface area contributed by atoms with Crippen LogP contribution in [-0.2, 0) is 0 Å². The number of anilines is 2. The lowest BCUT2D eigenvalue weighted by atomic mass is 10.1. The van der Waals surface area contributed by atoms with Crippen molar-refractivity contribution in [2.75, 3.05) is 30.9 Å². The van der Waals surface area contributed by atoms with Gasteiger partial charge in [-0.2, -0.15) is 0 Å². The maximum Gasteiger partial charge on any atom is 0.0709 e. The fourth-order valence-electron chi connectivity index (χ4n) is 1.58. The molecule has 0 saturated carbocycles. The van der Waals surface area contributed by atoms with E-state index in [1.165, 1.54) is 11.3 Å². The molecule has 16 heavy (non-hydrogen) atoms. The monoisotopic (exact) mass is 222 g/mol. The van der Waals surface area contributed by atoms with Crippen LogP contribution in [-0.4, -0.2) is 31.9 Å². The van der Waals surface area contributed by atoms with Gasteiger partial charge in [0.15, 0.2) is 0 Å². The van der Waals surface area contributed by atoms with Gasteiger partial charge in [0.05, 0.1) is 6.10 Å². The second-order valence-corrected chi connectivity index (χ2v) is 4.34. The molecule has 0 saturated heterocycles. The van der Waals surface area contributed by atoms with E-state index in [-0.39, 0.29) is 6.10 Å². The van der Waals surface area contributed by atoms with Crippen molar-refractivity contribution in [3.05, 3.63) is 23.8 Å². The molecule has 1 aromatic rings. The van der Waals surface area contributed by atoms with Crippen LogP contribution in [0.3, 0.4) is 0 Å². The summed E-state index contributed by atoms with van der Waals surface area (Å²) in [5.74, 6) is 0. The average molecular weight is 222 g/mol. The summed E-state index contributed by atoms with van der Waals surface area (Å²) in [4.78, 5) is 2.09. The van der Waals surface area contributed by atoms with E-state index in [0.29, 0.717) is 6.54 Å². The highest BCUT2D eigenvalue weighted by Crippen LogP contribution is 2.22. The van der Waals surface area contributed by atoms with Crippen molar-refractivity contribution in [2.45, 2.75) is 26.4 Å². The molecule has 3 heteroatoms. The van der Waals surface area contributed by atoms with Crippen LogP contribution in [0.15, 0.2) is 18.2 Å². The van der Waals surface area contributed by atoms with E-state index < -0.39 is 0 Å². The molecule has 0 aliphatic rings. The third kappa shape index (κ3) is 3.42. The summed E-state index contributed by atoms with van der Waals surface area (Å²) in [7, 11) is 4.07. The molecule has 0 bridgehead atoms. The highest BCUT2D eigenvalue weighted by atomic mass is 16.3. The van der Waals surface area contributed by atoms with Crippen LogP contribution in [0, 0.1) is 6.92 Å². The van der Waals surface area contributed by atoms with Crippen molar-refractivity contribution < 1.29 is 5.11 Å². The Bertz CT molecular complexity index is 337. The maximum absolute atomic E-state index is 9.48. The number of benzene rings is 1. The highest BCUT2D eigenvalue weighted by molar-refractivity contribution is 5.61. The molecule has 90 valence electrons. The number of hydrogen-bond acceptors (Lipinski definition) is 3. The number of nitrogens with one attached hydrogen (secondary N) is 1. The van der Waals surface area contributed by atoms with Gasteiger partial charge in [0, 0.05) is 32.0 Å². The zero-order valence-electron chi connectivity index (χ0n) is 10.6. The smallest absolute Gasteiger partial charge is 0.0709 e. The molecule has 0 heterocycles. The third-order valence-electron chi connectivity index (χ3n) is 2.70. The minimum Gasteiger partial charge on any atom is -0.391 e. The van der Waals surface area contributed by atoms with Gasteiger partial charge in [0.1, 0.15) is 0 Å². The summed E-state index contributed by atoms with van der Waals surface area (Å²) in [5, 5.41) is 12.7. The number of rotatable bonds is 5. The minimum atomic E-state index is -0.274. The second-order valence-electron chi connectivity index (χ2n) is 4.34. The lowest BCUT2D eigenvalue weighted by Crippen LogP contribution is -2.18. The van der Waals surface area contributed by atoms with Gasteiger partial charge in [-0.3, -0.25) is 0 Å². The first-order valence-corrected chi connectivity index (χ1v) is 5.74. The number of hydrogen-bond donors (Lipinski definition) is 2. The zero-order chi connectivity index (χ0) is 12.1. The van der Waals surface area contributed by atoms with Crippen molar-refractivity contribution in [1.29, 1.82) is 0 Å². The Balaban J connectivity index is 2.71. The van der Waals surface area contributed by atoms with Gasteiger partial charge in [-0.1, -0.05) is 13.0 Å². The van der Waals surface area contributed by atoms with Crippen molar-refractivity contribution in [3.8, 4) is 0 Å². The molecule has 1 aromatic carbocycles. The molecule has 0 radical (unpaired) electrons. The van der Waals surface area contributed by atoms with E-state index >= 15 is 0 Å². The Morgan fingerprint density at radius 1 is 1.38 bits per heavy atom. The fraction of sp³-hybridized carbons (Fsp3) is 0.538. The van der Waals surface area contributed by atoms with Gasteiger partial charge in [0.2, 0.25) is 0 Å². The molecular weight excluding hydrogens is 200 g/mol. The Hall–Kier alpha value is -1.22. The molecule has 1 atom stereocenters. The Morgan fingerprint density at radius 2 is 2.06 bits per heavy atom. The molecule has 0 aliphatic heterocycles. The molecule has 0 aromatic heterocycles. The van der Waals surface area contributed by atoms with E-state index in [1.807, 2.05) is 27.1 Å². The molecule has 1 rings (SSSR count). The Morgan fingerprint density at radius 3 is 2.62 bits per heavy atom. The van der Waals surface area contributed by atoms with Crippen molar-refractivity contribution in [2.24, 2.45) is 0 Å². The predicted molar refractivity (Wildman–Crippen MR) is 70.3 cm³/mol. The third-order valence-corrected chi connectivity index (χ3v) is 2.70. The lowest BCUT2D eigenvalue weighted by Gasteiger charge is -2.18. The quantitative estimate of drug-likeness (QED) is 0.802. The number of nitrogens with zero attached hydrogens (tertiary/aromatic N) is 1. The van der Waals surface area contributed by atoms with Crippen molar-refractivity contribution in [1.82, 2.24) is 0 Å². The van der Waals surface area contributed by atoms with E-state index in [9.17, 15) is 5.11 Å². The summed E-state index contributed by atoms with van der Waals surface area (Å²) in [6, 6.07) is 6.25. The van der Waals surface area contributed by atoms with Crippen LogP contribution < -0.4 is 10.2 Å². The van der Waals surface area contributed by atoms with E-state index in [2.05, 4.69) is 29.3 Å². The van der Waals surface area contributed by atoms with E-state index in [1.54, 1.807) is 0 Å². The number of aliphatic hydroxyl groups excluding tert-OH is 1. The molecule has 3 nitrogen and oxygen atoms in total. The second kappa shape index (κ2) is 5.75. The Labute approximate surface area is 98.1 Å². The van der Waals surface area contributed by atoms with Gasteiger partial charge in [0.25, 0.3) is 0 Å². The molecule has 0 amide bonds. The van der Waals surface area contributed by atoms with Gasteiger partial charge >= 0.3 is 0 Å². The first-order chi connectivity index (χ1) is 7.54. The predicted octanol–water partition coefficient (Wildman–Crippen LogP) is 2.24. The summed E-state index contributed by atoms with van der Waals surface area (Å²) >= 11 is 0. The maximum atomic E-state index is 9.48. The van der Waals surface area contributed by atoms with E-state index in [0.717, 1.165) is 12.1 Å². The highest BCUT2D eigenvalue weighted by Gasteiger charge is 2.04. The molecule has 0 spiro atoms. The first-order valence-electron chi connectivity index (χ1n) is 5.74. The number of aliphatic hydroxyl groups is 1. The zero-order valence-corrected chi connectivity index (χ0v) is 10.6. The summed E-state index contributed by atoms with van der Waals surface area (Å²) < 4.78 is 0. The minimum absolute atomic E-state index is 0.274. The van der Waals surface area contributed by atoms with Gasteiger partial charge < -0.3 is 15.3 Å². The number of aryl methyl sites for hydroxylation is 1. The largest absolute Gasteiger partial charge is 0.391 e. The first kappa shape index (κ1) is 12.8. The SMILES string of the molecule is CCC(O)CNc1ccc(C)c(N(C)C)c1. The topological polar surface area (TPSA) is 35.5 Å². The van der Waals surface area contributed by atoms with Crippen LogP contribution in [0.25, 0.3) is 0 Å². The van der Waals surface area contributed by atoms with Crippen LogP contribution in [0.5, 0.6) is 0 Å². The van der Waals surface area contributed by atoms with E-state index in [4.69, 9.17) is 0 Å². The molecule has 0 aliphatic carbocycles. The van der Waals surface area contributed by atoms with Crippen LogP contribution in [0.1, 0.15) is 18.9 Å².